The molecule has 220 valence electrons. The van der Waals surface area contributed by atoms with Gasteiger partial charge in [0, 0.05) is 40.0 Å². The van der Waals surface area contributed by atoms with Gasteiger partial charge in [0.05, 0.1) is 10.9 Å². The van der Waals surface area contributed by atoms with Gasteiger partial charge in [-0.25, -0.2) is 29.9 Å². The van der Waals surface area contributed by atoms with Crippen molar-refractivity contribution >= 4 is 33.0 Å². The van der Waals surface area contributed by atoms with Crippen LogP contribution in [0.4, 0.5) is 0 Å². The lowest BCUT2D eigenvalue weighted by Crippen LogP contribution is -2.00. The lowest BCUT2D eigenvalue weighted by molar-refractivity contribution is 0.667. The second-order valence-corrected chi connectivity index (χ2v) is 11.1. The number of fused-ring (bicyclic) bond motifs is 4. The van der Waals surface area contributed by atoms with Crippen molar-refractivity contribution in [2.75, 3.05) is 0 Å². The smallest absolute Gasteiger partial charge is 0.178 e. The molecule has 0 amide bonds. The van der Waals surface area contributed by atoms with Gasteiger partial charge in [-0.15, -0.1) is 0 Å². The Hall–Kier alpha value is -6.67. The topological polar surface area (TPSA) is 103 Å². The van der Waals surface area contributed by atoms with Gasteiger partial charge in [-0.3, -0.25) is 4.98 Å². The molecule has 0 saturated heterocycles. The quantitative estimate of drug-likeness (QED) is 0.192. The number of nitrogens with zero attached hydrogens (tertiary/aromatic N) is 7. The van der Waals surface area contributed by atoms with Crippen LogP contribution in [0.5, 0.6) is 0 Å². The number of rotatable bonds is 5. The predicted molar refractivity (Wildman–Crippen MR) is 183 cm³/mol. The maximum Gasteiger partial charge on any atom is 0.178 e. The zero-order chi connectivity index (χ0) is 31.2. The number of furan rings is 1. The highest BCUT2D eigenvalue weighted by Gasteiger charge is 2.19. The zero-order valence-electron chi connectivity index (χ0n) is 24.8. The van der Waals surface area contributed by atoms with Gasteiger partial charge in [0.25, 0.3) is 0 Å². The van der Waals surface area contributed by atoms with Gasteiger partial charge in [0.2, 0.25) is 0 Å². The predicted octanol–water partition coefficient (Wildman–Crippen LogP) is 8.84. The summed E-state index contributed by atoms with van der Waals surface area (Å²) >= 11 is 0. The molecule has 0 aliphatic heterocycles. The summed E-state index contributed by atoms with van der Waals surface area (Å²) in [4.78, 5) is 33.7. The fraction of sp³-hybridized carbons (Fsp3) is 0. The summed E-state index contributed by atoms with van der Waals surface area (Å²) in [5.74, 6) is 2.33. The summed E-state index contributed by atoms with van der Waals surface area (Å²) in [6.07, 6.45) is 3.59. The Kier molecular flexibility index (Phi) is 6.28. The van der Waals surface area contributed by atoms with Crippen LogP contribution in [0.25, 0.3) is 89.9 Å². The molecule has 8 heteroatoms. The van der Waals surface area contributed by atoms with Crippen LogP contribution in [-0.2, 0) is 0 Å². The molecule has 0 N–H and O–H groups in total. The third-order valence-corrected chi connectivity index (χ3v) is 8.04. The molecule has 4 aromatic carbocycles. The van der Waals surface area contributed by atoms with Crippen LogP contribution in [0.2, 0.25) is 0 Å². The standard InChI is InChI=1S/C39H23N7O/c1-3-10-25(11-4-1)36-44-37(26-12-5-2-6-13-26)46-38(45-36)27-19-17-24(18-20-27)33-35-29(34-32(47-35)16-9-21-40-34)22-31(42-33)39-41-23-28-14-7-8-15-30(28)43-39/h1-23H. The van der Waals surface area contributed by atoms with Crippen molar-refractivity contribution in [1.29, 1.82) is 0 Å². The number of pyridine rings is 2. The van der Waals surface area contributed by atoms with Crippen molar-refractivity contribution < 1.29 is 4.42 Å². The highest BCUT2D eigenvalue weighted by molar-refractivity contribution is 6.08. The SMILES string of the molecule is c1ccc(-c2nc(-c3ccccc3)nc(-c3ccc(-c4nc(-c5ncc6ccccc6n5)cc5c4oc4cccnc45)cc3)n2)cc1. The van der Waals surface area contributed by atoms with Crippen molar-refractivity contribution in [3.63, 3.8) is 0 Å². The van der Waals surface area contributed by atoms with Crippen molar-refractivity contribution in [3.8, 4) is 56.9 Å². The van der Waals surface area contributed by atoms with Crippen molar-refractivity contribution in [1.82, 2.24) is 34.9 Å². The van der Waals surface area contributed by atoms with E-state index in [1.54, 1.807) is 6.20 Å². The summed E-state index contributed by atoms with van der Waals surface area (Å²) in [5.41, 5.74) is 7.80. The van der Waals surface area contributed by atoms with Gasteiger partial charge in [0.1, 0.15) is 16.9 Å². The Bertz CT molecular complexity index is 2510. The van der Waals surface area contributed by atoms with E-state index in [2.05, 4.69) is 9.97 Å². The highest BCUT2D eigenvalue weighted by atomic mass is 16.3. The fourth-order valence-corrected chi connectivity index (χ4v) is 5.72. The van der Waals surface area contributed by atoms with Gasteiger partial charge in [-0.1, -0.05) is 103 Å². The number of benzene rings is 4. The summed E-state index contributed by atoms with van der Waals surface area (Å²) < 4.78 is 6.34. The van der Waals surface area contributed by atoms with Crippen LogP contribution in [0.3, 0.4) is 0 Å². The van der Waals surface area contributed by atoms with Crippen LogP contribution in [-0.4, -0.2) is 34.9 Å². The maximum absolute atomic E-state index is 6.34. The van der Waals surface area contributed by atoms with E-state index < -0.39 is 0 Å². The minimum atomic E-state index is 0.529. The monoisotopic (exact) mass is 605 g/mol. The molecule has 0 bridgehead atoms. The van der Waals surface area contributed by atoms with Gasteiger partial charge < -0.3 is 4.42 Å². The van der Waals surface area contributed by atoms with E-state index in [9.17, 15) is 0 Å². The van der Waals surface area contributed by atoms with Gasteiger partial charge in [-0.05, 0) is 24.3 Å². The van der Waals surface area contributed by atoms with E-state index in [1.807, 2.05) is 134 Å². The molecule has 0 radical (unpaired) electrons. The molecule has 9 aromatic rings. The van der Waals surface area contributed by atoms with Gasteiger partial charge in [0.15, 0.2) is 34.5 Å². The minimum absolute atomic E-state index is 0.529. The largest absolute Gasteiger partial charge is 0.452 e. The first-order chi connectivity index (χ1) is 23.3. The average molecular weight is 606 g/mol. The van der Waals surface area contributed by atoms with Crippen molar-refractivity contribution in [2.45, 2.75) is 0 Å². The summed E-state index contributed by atoms with van der Waals surface area (Å²) in [7, 11) is 0. The average Bonchev–Trinajstić information content (AvgIpc) is 3.53. The molecule has 0 unspecified atom stereocenters. The first-order valence-corrected chi connectivity index (χ1v) is 15.1. The molecule has 5 heterocycles. The normalized spacial score (nSPS) is 11.4. The van der Waals surface area contributed by atoms with Gasteiger partial charge >= 0.3 is 0 Å². The van der Waals surface area contributed by atoms with Crippen LogP contribution in [0.1, 0.15) is 0 Å². The van der Waals surface area contributed by atoms with Crippen LogP contribution < -0.4 is 0 Å². The molecule has 0 spiro atoms. The Morgan fingerprint density at radius 2 is 1.09 bits per heavy atom. The summed E-state index contributed by atoms with van der Waals surface area (Å²) in [6.45, 7) is 0. The lowest BCUT2D eigenvalue weighted by Gasteiger charge is -2.10. The Morgan fingerprint density at radius 3 is 1.79 bits per heavy atom. The minimum Gasteiger partial charge on any atom is -0.452 e. The molecule has 0 aliphatic rings. The second kappa shape index (κ2) is 11.0. The van der Waals surface area contributed by atoms with Crippen LogP contribution in [0, 0.1) is 0 Å². The van der Waals surface area contributed by atoms with Crippen molar-refractivity contribution in [3.05, 3.63) is 140 Å². The summed E-state index contributed by atoms with van der Waals surface area (Å²) in [5, 5.41) is 1.81. The van der Waals surface area contributed by atoms with Gasteiger partial charge in [-0.2, -0.15) is 0 Å². The molecular formula is C39H23N7O. The van der Waals surface area contributed by atoms with E-state index in [1.165, 1.54) is 0 Å². The Labute approximate surface area is 268 Å². The van der Waals surface area contributed by atoms with E-state index >= 15 is 0 Å². The maximum atomic E-state index is 6.34. The molecule has 8 nitrogen and oxygen atoms in total. The Balaban J connectivity index is 1.19. The third-order valence-electron chi connectivity index (χ3n) is 8.04. The first-order valence-electron chi connectivity index (χ1n) is 15.1. The number of hydrogen-bond donors (Lipinski definition) is 0. The van der Waals surface area contributed by atoms with E-state index in [4.69, 9.17) is 29.3 Å². The summed E-state index contributed by atoms with van der Waals surface area (Å²) in [6, 6.07) is 41.6. The molecule has 0 atom stereocenters. The fourth-order valence-electron chi connectivity index (χ4n) is 5.72. The molecule has 47 heavy (non-hydrogen) atoms. The zero-order valence-corrected chi connectivity index (χ0v) is 24.8. The second-order valence-electron chi connectivity index (χ2n) is 11.1. The molecular weight excluding hydrogens is 582 g/mol. The van der Waals surface area contributed by atoms with Crippen molar-refractivity contribution in [2.24, 2.45) is 0 Å². The number of aromatic nitrogens is 7. The van der Waals surface area contributed by atoms with E-state index in [0.717, 1.165) is 44.1 Å². The Morgan fingerprint density at radius 1 is 0.468 bits per heavy atom. The van der Waals surface area contributed by atoms with Crippen LogP contribution in [0.15, 0.2) is 144 Å². The lowest BCUT2D eigenvalue weighted by atomic mass is 10.1. The number of hydrogen-bond acceptors (Lipinski definition) is 8. The molecule has 0 saturated carbocycles. The third kappa shape index (κ3) is 4.85. The first kappa shape index (κ1) is 26.7. The molecule has 0 aliphatic carbocycles. The molecule has 0 fully saturated rings. The van der Waals surface area contributed by atoms with E-state index in [0.29, 0.717) is 45.9 Å². The highest BCUT2D eigenvalue weighted by Crippen LogP contribution is 2.37. The van der Waals surface area contributed by atoms with Crippen LogP contribution >= 0.6 is 0 Å². The molecule has 9 rings (SSSR count). The number of para-hydroxylation sites is 1. The van der Waals surface area contributed by atoms with E-state index in [-0.39, 0.29) is 0 Å². The molecule has 5 aromatic heterocycles.